The Morgan fingerprint density at radius 1 is 1.13 bits per heavy atom. The smallest absolute Gasteiger partial charge is 0.0742 e. The molecule has 2 rings (SSSR count). The van der Waals surface area contributed by atoms with Crippen molar-refractivity contribution in [2.45, 2.75) is 0 Å². The van der Waals surface area contributed by atoms with Crippen LogP contribution >= 0.6 is 11.6 Å². The molecule has 0 aliphatic heterocycles. The number of para-hydroxylation sites is 2. The summed E-state index contributed by atoms with van der Waals surface area (Å²) in [6, 6.07) is 16.1. The first kappa shape index (κ1) is 9.87. The third-order valence-corrected chi connectivity index (χ3v) is 2.36. The highest BCUT2D eigenvalue weighted by atomic mass is 35.5. The van der Waals surface area contributed by atoms with Gasteiger partial charge in [-0.3, -0.25) is 0 Å². The third-order valence-electron chi connectivity index (χ3n) is 2.03. The van der Waals surface area contributed by atoms with Crippen molar-refractivity contribution >= 4 is 28.7 Å². The van der Waals surface area contributed by atoms with Crippen LogP contribution in [0.15, 0.2) is 42.5 Å². The van der Waals surface area contributed by atoms with Crippen LogP contribution in [0.2, 0.25) is 5.02 Å². The normalized spacial score (nSPS) is 9.93. The average Bonchev–Trinajstić information content (AvgIpc) is 2.26. The molecule has 2 nitrogen and oxygen atoms in total. The van der Waals surface area contributed by atoms with Crippen molar-refractivity contribution in [1.82, 2.24) is 0 Å². The number of hydrogen-bond donors (Lipinski definition) is 2. The molecule has 0 bridgehead atoms. The lowest BCUT2D eigenvalue weighted by Crippen LogP contribution is -1.96. The highest BCUT2D eigenvalue weighted by molar-refractivity contribution is 6.33. The molecule has 2 aromatic carbocycles. The molecular formula is C12H10ClN2. The highest BCUT2D eigenvalue weighted by Crippen LogP contribution is 2.28. The molecule has 3 N–H and O–H groups in total. The van der Waals surface area contributed by atoms with Crippen LogP contribution in [0.3, 0.4) is 0 Å². The van der Waals surface area contributed by atoms with E-state index in [1.165, 1.54) is 0 Å². The number of nitrogens with two attached hydrogens (primary N) is 1. The maximum atomic E-state index is 5.90. The molecule has 75 valence electrons. The van der Waals surface area contributed by atoms with Crippen LogP contribution in [-0.4, -0.2) is 0 Å². The van der Waals surface area contributed by atoms with Gasteiger partial charge in [-0.25, -0.2) is 0 Å². The second-order valence-electron chi connectivity index (χ2n) is 3.10. The predicted molar refractivity (Wildman–Crippen MR) is 64.4 cm³/mol. The standard InChI is InChI=1S/C12H10ClN2/c13-10-7-4-8-11(12(10)14)15-9-5-2-1-3-6-9/h1-5,7-8,15H,14H2. The maximum absolute atomic E-state index is 5.90. The molecule has 0 amide bonds. The molecule has 0 spiro atoms. The van der Waals surface area contributed by atoms with E-state index < -0.39 is 0 Å². The van der Waals surface area contributed by atoms with E-state index >= 15 is 0 Å². The van der Waals surface area contributed by atoms with E-state index in [1.54, 1.807) is 6.07 Å². The Labute approximate surface area is 93.7 Å². The van der Waals surface area contributed by atoms with E-state index in [2.05, 4.69) is 11.4 Å². The summed E-state index contributed by atoms with van der Waals surface area (Å²) in [6.07, 6.45) is 0. The first-order valence-electron chi connectivity index (χ1n) is 4.55. The summed E-state index contributed by atoms with van der Waals surface area (Å²) in [7, 11) is 0. The summed E-state index contributed by atoms with van der Waals surface area (Å²) in [5.74, 6) is 0. The molecule has 0 fully saturated rings. The summed E-state index contributed by atoms with van der Waals surface area (Å²) in [6.45, 7) is 0. The van der Waals surface area contributed by atoms with Crippen molar-refractivity contribution in [2.24, 2.45) is 0 Å². The zero-order valence-electron chi connectivity index (χ0n) is 8.00. The predicted octanol–water partition coefficient (Wildman–Crippen LogP) is 3.47. The van der Waals surface area contributed by atoms with Gasteiger partial charge in [-0.2, -0.15) is 0 Å². The maximum Gasteiger partial charge on any atom is 0.0742 e. The molecule has 0 aromatic heterocycles. The Morgan fingerprint density at radius 3 is 2.73 bits per heavy atom. The minimum absolute atomic E-state index is 0.552. The Morgan fingerprint density at radius 2 is 2.00 bits per heavy atom. The number of anilines is 3. The van der Waals surface area contributed by atoms with Gasteiger partial charge < -0.3 is 11.1 Å². The number of hydrogen-bond acceptors (Lipinski definition) is 2. The fraction of sp³-hybridized carbons (Fsp3) is 0. The van der Waals surface area contributed by atoms with Crippen LogP contribution in [0.5, 0.6) is 0 Å². The topological polar surface area (TPSA) is 38.0 Å². The Hall–Kier alpha value is -1.67. The van der Waals surface area contributed by atoms with E-state index in [9.17, 15) is 0 Å². The number of benzene rings is 2. The molecule has 0 aliphatic carbocycles. The molecule has 2 aromatic rings. The van der Waals surface area contributed by atoms with Gasteiger partial charge in [-0.05, 0) is 18.2 Å². The summed E-state index contributed by atoms with van der Waals surface area (Å²) < 4.78 is 0. The lowest BCUT2D eigenvalue weighted by molar-refractivity contribution is 1.54. The molecule has 0 saturated heterocycles. The van der Waals surface area contributed by atoms with Gasteiger partial charge in [0, 0.05) is 11.8 Å². The van der Waals surface area contributed by atoms with E-state index in [4.69, 9.17) is 17.3 Å². The van der Waals surface area contributed by atoms with E-state index in [0.29, 0.717) is 10.7 Å². The zero-order chi connectivity index (χ0) is 10.7. The largest absolute Gasteiger partial charge is 0.396 e. The number of nitrogen functional groups attached to an aromatic ring is 1. The molecule has 0 atom stereocenters. The molecule has 3 heteroatoms. The fourth-order valence-electron chi connectivity index (χ4n) is 1.26. The quantitative estimate of drug-likeness (QED) is 0.756. The average molecular weight is 218 g/mol. The number of halogens is 1. The molecule has 0 unspecified atom stereocenters. The van der Waals surface area contributed by atoms with Crippen molar-refractivity contribution < 1.29 is 0 Å². The Balaban J connectivity index is 2.29. The van der Waals surface area contributed by atoms with Gasteiger partial charge in [0.2, 0.25) is 0 Å². The van der Waals surface area contributed by atoms with Gasteiger partial charge in [0.05, 0.1) is 16.4 Å². The van der Waals surface area contributed by atoms with Gasteiger partial charge in [0.25, 0.3) is 0 Å². The molecule has 0 aliphatic rings. The van der Waals surface area contributed by atoms with Crippen LogP contribution in [0.1, 0.15) is 0 Å². The van der Waals surface area contributed by atoms with Crippen LogP contribution in [0.25, 0.3) is 0 Å². The molecule has 1 radical (unpaired) electrons. The summed E-state index contributed by atoms with van der Waals surface area (Å²) >= 11 is 5.90. The lowest BCUT2D eigenvalue weighted by atomic mass is 10.2. The van der Waals surface area contributed by atoms with Gasteiger partial charge in [-0.1, -0.05) is 35.9 Å². The van der Waals surface area contributed by atoms with Gasteiger partial charge >= 0.3 is 0 Å². The Bertz CT molecular complexity index is 454. The summed E-state index contributed by atoms with van der Waals surface area (Å²) in [5.41, 5.74) is 8.04. The van der Waals surface area contributed by atoms with Crippen LogP contribution < -0.4 is 11.1 Å². The van der Waals surface area contributed by atoms with Gasteiger partial charge in [0.1, 0.15) is 0 Å². The number of rotatable bonds is 2. The van der Waals surface area contributed by atoms with Crippen molar-refractivity contribution in [1.29, 1.82) is 0 Å². The van der Waals surface area contributed by atoms with E-state index in [-0.39, 0.29) is 0 Å². The van der Waals surface area contributed by atoms with Crippen LogP contribution in [-0.2, 0) is 0 Å². The van der Waals surface area contributed by atoms with Gasteiger partial charge in [0.15, 0.2) is 0 Å². The lowest BCUT2D eigenvalue weighted by Gasteiger charge is -2.09. The first-order valence-corrected chi connectivity index (χ1v) is 4.93. The molecular weight excluding hydrogens is 208 g/mol. The highest BCUT2D eigenvalue weighted by Gasteiger charge is 2.02. The monoisotopic (exact) mass is 217 g/mol. The molecule has 15 heavy (non-hydrogen) atoms. The van der Waals surface area contributed by atoms with Crippen molar-refractivity contribution in [3.05, 3.63) is 53.6 Å². The van der Waals surface area contributed by atoms with Crippen molar-refractivity contribution in [2.75, 3.05) is 11.1 Å². The second kappa shape index (κ2) is 4.24. The van der Waals surface area contributed by atoms with Crippen LogP contribution in [0, 0.1) is 6.07 Å². The summed E-state index contributed by atoms with van der Waals surface area (Å²) in [4.78, 5) is 0. The van der Waals surface area contributed by atoms with Gasteiger partial charge in [-0.15, -0.1) is 0 Å². The van der Waals surface area contributed by atoms with E-state index in [0.717, 1.165) is 11.4 Å². The van der Waals surface area contributed by atoms with Crippen LogP contribution in [0.4, 0.5) is 17.1 Å². The fourth-order valence-corrected chi connectivity index (χ4v) is 1.44. The minimum atomic E-state index is 0.552. The molecule has 0 heterocycles. The SMILES string of the molecule is Nc1c(Cl)cccc1Nc1[c]cccc1. The first-order chi connectivity index (χ1) is 7.27. The zero-order valence-corrected chi connectivity index (χ0v) is 8.75. The van der Waals surface area contributed by atoms with Crippen molar-refractivity contribution in [3.8, 4) is 0 Å². The third kappa shape index (κ3) is 2.22. The molecule has 0 saturated carbocycles. The number of nitrogens with one attached hydrogen (secondary N) is 1. The second-order valence-corrected chi connectivity index (χ2v) is 3.51. The van der Waals surface area contributed by atoms with Crippen molar-refractivity contribution in [3.63, 3.8) is 0 Å². The summed E-state index contributed by atoms with van der Waals surface area (Å²) in [5, 5.41) is 3.70. The Kier molecular flexibility index (Phi) is 2.79. The van der Waals surface area contributed by atoms with E-state index in [1.807, 2.05) is 36.4 Å². The minimum Gasteiger partial charge on any atom is -0.396 e.